The van der Waals surface area contributed by atoms with Crippen molar-refractivity contribution in [2.24, 2.45) is 0 Å². The van der Waals surface area contributed by atoms with E-state index in [1.54, 1.807) is 6.20 Å². The third kappa shape index (κ3) is 6.17. The average molecular weight is 516 g/mol. The molecule has 0 bridgehead atoms. The van der Waals surface area contributed by atoms with Crippen LogP contribution in [0.2, 0.25) is 0 Å². The lowest BCUT2D eigenvalue weighted by Crippen LogP contribution is -2.28. The number of amides is 1. The SMILES string of the molecule is Cc1cc(C)c(CNC(=O)c2cc(-c3cccc(CNCCN(C)C)c3)nc3c2cnn3C(C)C)c(=O)[nH]1. The fourth-order valence-corrected chi connectivity index (χ4v) is 4.47. The van der Waals surface area contributed by atoms with Gasteiger partial charge in [-0.1, -0.05) is 18.2 Å². The number of aryl methyl sites for hydroxylation is 2. The minimum Gasteiger partial charge on any atom is -0.348 e. The normalized spacial score (nSPS) is 11.6. The molecule has 0 aliphatic heterocycles. The number of hydrogen-bond donors (Lipinski definition) is 3. The third-order valence-corrected chi connectivity index (χ3v) is 6.51. The first-order valence-electron chi connectivity index (χ1n) is 12.9. The second-order valence-corrected chi connectivity index (χ2v) is 10.3. The molecule has 4 rings (SSSR count). The van der Waals surface area contributed by atoms with Crippen molar-refractivity contribution in [1.82, 2.24) is 35.3 Å². The van der Waals surface area contributed by atoms with Crippen LogP contribution >= 0.6 is 0 Å². The van der Waals surface area contributed by atoms with Crippen LogP contribution in [-0.4, -0.2) is 57.7 Å². The van der Waals surface area contributed by atoms with Crippen LogP contribution in [0.1, 0.15) is 52.6 Å². The fourth-order valence-electron chi connectivity index (χ4n) is 4.47. The summed E-state index contributed by atoms with van der Waals surface area (Å²) in [5.41, 5.74) is 5.89. The fraction of sp³-hybridized carbons (Fsp3) is 0.379. The predicted molar refractivity (Wildman–Crippen MR) is 151 cm³/mol. The molecule has 0 fully saturated rings. The first-order chi connectivity index (χ1) is 18.1. The standard InChI is InChI=1S/C29H37N7O2/c1-18(2)36-27-25(17-32-36)23(28(37)31-16-24-19(3)12-20(4)33-29(24)38)14-26(34-27)22-9-7-8-21(13-22)15-30-10-11-35(5)6/h7-9,12-14,17-18,30H,10-11,15-16H2,1-6H3,(H,31,37)(H,33,38). The van der Waals surface area contributed by atoms with E-state index in [1.807, 2.05) is 56.6 Å². The number of benzene rings is 1. The largest absolute Gasteiger partial charge is 0.348 e. The summed E-state index contributed by atoms with van der Waals surface area (Å²) >= 11 is 0. The second kappa shape index (κ2) is 11.7. The highest BCUT2D eigenvalue weighted by atomic mass is 16.1. The Morgan fingerprint density at radius 3 is 2.63 bits per heavy atom. The predicted octanol–water partition coefficient (Wildman–Crippen LogP) is 3.57. The number of nitrogens with one attached hydrogen (secondary N) is 3. The topological polar surface area (TPSA) is 108 Å². The minimum absolute atomic E-state index is 0.0761. The smallest absolute Gasteiger partial charge is 0.253 e. The molecule has 200 valence electrons. The van der Waals surface area contributed by atoms with Gasteiger partial charge in [0.2, 0.25) is 0 Å². The van der Waals surface area contributed by atoms with Crippen molar-refractivity contribution in [2.75, 3.05) is 27.2 Å². The Balaban J connectivity index is 1.67. The molecular weight excluding hydrogens is 478 g/mol. The van der Waals surface area contributed by atoms with Crippen molar-refractivity contribution in [3.63, 3.8) is 0 Å². The van der Waals surface area contributed by atoms with Crippen molar-refractivity contribution in [2.45, 2.75) is 46.8 Å². The summed E-state index contributed by atoms with van der Waals surface area (Å²) in [6.07, 6.45) is 1.69. The molecule has 0 aliphatic rings. The van der Waals surface area contributed by atoms with Crippen LogP contribution in [-0.2, 0) is 13.1 Å². The second-order valence-electron chi connectivity index (χ2n) is 10.3. The molecule has 0 radical (unpaired) electrons. The summed E-state index contributed by atoms with van der Waals surface area (Å²) in [4.78, 5) is 35.8. The molecule has 0 unspecified atom stereocenters. The van der Waals surface area contributed by atoms with E-state index in [0.29, 0.717) is 27.9 Å². The van der Waals surface area contributed by atoms with Gasteiger partial charge >= 0.3 is 0 Å². The summed E-state index contributed by atoms with van der Waals surface area (Å²) in [6.45, 7) is 10.5. The number of likely N-dealkylation sites (N-methyl/N-ethyl adjacent to an activating group) is 1. The van der Waals surface area contributed by atoms with Crippen molar-refractivity contribution in [1.29, 1.82) is 0 Å². The maximum Gasteiger partial charge on any atom is 0.253 e. The van der Waals surface area contributed by atoms with Gasteiger partial charge in [-0.3, -0.25) is 9.59 Å². The van der Waals surface area contributed by atoms with Gasteiger partial charge in [-0.15, -0.1) is 0 Å². The number of aromatic amines is 1. The number of carbonyl (C=O) groups is 1. The molecule has 0 saturated carbocycles. The van der Waals surface area contributed by atoms with E-state index in [-0.39, 0.29) is 24.1 Å². The zero-order valence-corrected chi connectivity index (χ0v) is 23.1. The quantitative estimate of drug-likeness (QED) is 0.279. The van der Waals surface area contributed by atoms with Crippen LogP contribution in [0.5, 0.6) is 0 Å². The first-order valence-corrected chi connectivity index (χ1v) is 12.9. The Kier molecular flexibility index (Phi) is 8.38. The molecule has 3 N–H and O–H groups in total. The van der Waals surface area contributed by atoms with E-state index in [1.165, 1.54) is 0 Å². The van der Waals surface area contributed by atoms with Gasteiger partial charge in [-0.2, -0.15) is 5.10 Å². The lowest BCUT2D eigenvalue weighted by Gasteiger charge is -2.13. The summed E-state index contributed by atoms with van der Waals surface area (Å²) in [7, 11) is 4.11. The highest BCUT2D eigenvalue weighted by molar-refractivity contribution is 6.06. The van der Waals surface area contributed by atoms with Crippen molar-refractivity contribution in [3.05, 3.63) is 80.9 Å². The molecule has 3 aromatic heterocycles. The number of pyridine rings is 2. The van der Waals surface area contributed by atoms with E-state index < -0.39 is 0 Å². The Hall–Kier alpha value is -3.82. The number of fused-ring (bicyclic) bond motifs is 1. The molecule has 4 aromatic rings. The van der Waals surface area contributed by atoms with E-state index >= 15 is 0 Å². The average Bonchev–Trinajstić information content (AvgIpc) is 3.30. The van der Waals surface area contributed by atoms with Gasteiger partial charge in [-0.05, 0) is 71.1 Å². The number of rotatable bonds is 10. The molecular formula is C29H37N7O2. The molecule has 0 aliphatic carbocycles. The molecule has 0 atom stereocenters. The molecule has 1 amide bonds. The molecule has 0 spiro atoms. The number of H-pyrrole nitrogens is 1. The van der Waals surface area contributed by atoms with Gasteiger partial charge < -0.3 is 20.5 Å². The van der Waals surface area contributed by atoms with Gasteiger partial charge in [0.05, 0.1) is 22.8 Å². The summed E-state index contributed by atoms with van der Waals surface area (Å²) < 4.78 is 1.83. The Bertz CT molecular complexity index is 1500. The van der Waals surface area contributed by atoms with Crippen molar-refractivity contribution >= 4 is 16.9 Å². The minimum atomic E-state index is -0.275. The van der Waals surface area contributed by atoms with E-state index in [0.717, 1.165) is 42.0 Å². The molecule has 3 heterocycles. The Morgan fingerprint density at radius 1 is 1.13 bits per heavy atom. The van der Waals surface area contributed by atoms with Gasteiger partial charge in [0.15, 0.2) is 5.65 Å². The summed E-state index contributed by atoms with van der Waals surface area (Å²) in [5, 5.41) is 11.6. The molecule has 9 heteroatoms. The zero-order valence-electron chi connectivity index (χ0n) is 23.1. The number of nitrogens with zero attached hydrogens (tertiary/aromatic N) is 4. The molecule has 0 saturated heterocycles. The maximum absolute atomic E-state index is 13.5. The number of hydrogen-bond acceptors (Lipinski definition) is 6. The number of aromatic nitrogens is 4. The van der Waals surface area contributed by atoms with E-state index in [4.69, 9.17) is 4.98 Å². The lowest BCUT2D eigenvalue weighted by atomic mass is 10.0. The summed E-state index contributed by atoms with van der Waals surface area (Å²) in [5.74, 6) is -0.275. The van der Waals surface area contributed by atoms with Gasteiger partial charge in [0.1, 0.15) is 0 Å². The maximum atomic E-state index is 13.5. The first kappa shape index (κ1) is 27.2. The monoisotopic (exact) mass is 515 g/mol. The number of carbonyl (C=O) groups excluding carboxylic acids is 1. The van der Waals surface area contributed by atoms with Crippen LogP contribution in [0, 0.1) is 13.8 Å². The Morgan fingerprint density at radius 2 is 1.92 bits per heavy atom. The highest BCUT2D eigenvalue weighted by Gasteiger charge is 2.19. The zero-order chi connectivity index (χ0) is 27.4. The lowest BCUT2D eigenvalue weighted by molar-refractivity contribution is 0.0952. The van der Waals surface area contributed by atoms with Gasteiger partial charge in [0.25, 0.3) is 11.5 Å². The van der Waals surface area contributed by atoms with Crippen LogP contribution < -0.4 is 16.2 Å². The molecule has 38 heavy (non-hydrogen) atoms. The van der Waals surface area contributed by atoms with E-state index in [2.05, 4.69) is 51.8 Å². The van der Waals surface area contributed by atoms with E-state index in [9.17, 15) is 9.59 Å². The van der Waals surface area contributed by atoms with Crippen LogP contribution in [0.4, 0.5) is 0 Å². The van der Waals surface area contributed by atoms with Gasteiger partial charge in [0, 0.05) is 49.0 Å². The van der Waals surface area contributed by atoms with Crippen molar-refractivity contribution < 1.29 is 4.79 Å². The summed E-state index contributed by atoms with van der Waals surface area (Å²) in [6, 6.07) is 12.0. The highest BCUT2D eigenvalue weighted by Crippen LogP contribution is 2.27. The van der Waals surface area contributed by atoms with Gasteiger partial charge in [-0.25, -0.2) is 9.67 Å². The molecule has 9 nitrogen and oxygen atoms in total. The van der Waals surface area contributed by atoms with Crippen LogP contribution in [0.25, 0.3) is 22.3 Å². The molecule has 1 aromatic carbocycles. The van der Waals surface area contributed by atoms with Crippen LogP contribution in [0.3, 0.4) is 0 Å². The Labute approximate surface area is 223 Å². The van der Waals surface area contributed by atoms with Crippen LogP contribution in [0.15, 0.2) is 47.4 Å². The third-order valence-electron chi connectivity index (χ3n) is 6.51. The van der Waals surface area contributed by atoms with Crippen molar-refractivity contribution in [3.8, 4) is 11.3 Å².